The molecule has 1 aliphatic heterocycles. The van der Waals surface area contributed by atoms with E-state index in [0.717, 1.165) is 35.3 Å². The molecular weight excluding hydrogens is 340 g/mol. The molecule has 0 amide bonds. The summed E-state index contributed by atoms with van der Waals surface area (Å²) in [6.45, 7) is 0. The highest BCUT2D eigenvalue weighted by Crippen LogP contribution is 2.37. The van der Waals surface area contributed by atoms with Crippen LogP contribution in [0.1, 0.15) is 11.4 Å². The fraction of sp³-hybridized carbons (Fsp3) is 0.0769. The molecule has 6 rings (SSSR count). The molecule has 28 heavy (non-hydrogen) atoms. The lowest BCUT2D eigenvalue weighted by Gasteiger charge is -2.17. The van der Waals surface area contributed by atoms with E-state index in [0.29, 0.717) is 0 Å². The molecule has 0 atom stereocenters. The van der Waals surface area contributed by atoms with Crippen molar-refractivity contribution in [3.05, 3.63) is 96.3 Å². The van der Waals surface area contributed by atoms with Crippen molar-refractivity contribution < 1.29 is 0 Å². The van der Waals surface area contributed by atoms with Gasteiger partial charge in [-0.1, -0.05) is 72.8 Å². The number of aryl methyl sites for hydroxylation is 2. The van der Waals surface area contributed by atoms with Gasteiger partial charge in [-0.2, -0.15) is 0 Å². The number of fused-ring (bicyclic) bond motifs is 2. The highest BCUT2D eigenvalue weighted by atomic mass is 14.8. The van der Waals surface area contributed by atoms with Crippen LogP contribution in [0.3, 0.4) is 0 Å². The van der Waals surface area contributed by atoms with Crippen LogP contribution >= 0.6 is 0 Å². The summed E-state index contributed by atoms with van der Waals surface area (Å²) >= 11 is 0. The minimum absolute atomic E-state index is 0.914. The van der Waals surface area contributed by atoms with E-state index in [4.69, 9.17) is 9.97 Å². The predicted molar refractivity (Wildman–Crippen MR) is 115 cm³/mol. The van der Waals surface area contributed by atoms with E-state index in [1.165, 1.54) is 33.0 Å². The highest BCUT2D eigenvalue weighted by Gasteiger charge is 2.17. The average molecular weight is 358 g/mol. The molecule has 132 valence electrons. The summed E-state index contributed by atoms with van der Waals surface area (Å²) < 4.78 is 0. The van der Waals surface area contributed by atoms with Crippen LogP contribution in [-0.2, 0) is 12.8 Å². The molecule has 0 N–H and O–H groups in total. The maximum Gasteiger partial charge on any atom is 0.0974 e. The van der Waals surface area contributed by atoms with Gasteiger partial charge in [0.15, 0.2) is 0 Å². The summed E-state index contributed by atoms with van der Waals surface area (Å²) in [5, 5.41) is 2.35. The lowest BCUT2D eigenvalue weighted by molar-refractivity contribution is 0.887. The molecule has 0 unspecified atom stereocenters. The molecule has 0 radical (unpaired) electrons. The zero-order valence-corrected chi connectivity index (χ0v) is 15.4. The molecule has 2 heteroatoms. The predicted octanol–water partition coefficient (Wildman–Crippen LogP) is 6.22. The van der Waals surface area contributed by atoms with Crippen LogP contribution < -0.4 is 0 Å². The van der Waals surface area contributed by atoms with Crippen LogP contribution in [0.15, 0.2) is 84.9 Å². The van der Waals surface area contributed by atoms with Gasteiger partial charge in [-0.25, -0.2) is 0 Å². The van der Waals surface area contributed by atoms with Crippen molar-refractivity contribution in [3.63, 3.8) is 0 Å². The maximum absolute atomic E-state index is 5.02. The Morgan fingerprint density at radius 3 is 1.36 bits per heavy atom. The number of nitrogens with zero attached hydrogens (tertiary/aromatic N) is 2. The molecule has 0 saturated heterocycles. The third-order valence-corrected chi connectivity index (χ3v) is 5.67. The molecule has 0 saturated carbocycles. The number of hydrogen-bond donors (Lipinski definition) is 0. The van der Waals surface area contributed by atoms with E-state index in [9.17, 15) is 0 Å². The summed E-state index contributed by atoms with van der Waals surface area (Å²) in [4.78, 5) is 10.0. The van der Waals surface area contributed by atoms with Crippen molar-refractivity contribution in [2.45, 2.75) is 12.8 Å². The molecule has 0 spiro atoms. The molecular formula is C26H18N2. The van der Waals surface area contributed by atoms with Gasteiger partial charge < -0.3 is 0 Å². The first-order valence-corrected chi connectivity index (χ1v) is 9.74. The first kappa shape index (κ1) is 15.5. The second kappa shape index (κ2) is 6.00. The third kappa shape index (κ3) is 2.35. The van der Waals surface area contributed by atoms with Crippen LogP contribution in [0.5, 0.6) is 0 Å². The molecule has 5 aromatic rings. The van der Waals surface area contributed by atoms with Gasteiger partial charge in [0.2, 0.25) is 0 Å². The number of rotatable bonds is 2. The zero-order chi connectivity index (χ0) is 18.5. The average Bonchev–Trinajstić information content (AvgIpc) is 2.76. The molecule has 3 heterocycles. The monoisotopic (exact) mass is 358 g/mol. The minimum atomic E-state index is 0.914. The van der Waals surface area contributed by atoms with Crippen LogP contribution in [0, 0.1) is 0 Å². The van der Waals surface area contributed by atoms with E-state index in [1.54, 1.807) is 0 Å². The normalized spacial score (nSPS) is 12.7. The van der Waals surface area contributed by atoms with E-state index >= 15 is 0 Å². The number of pyridine rings is 2. The second-order valence-corrected chi connectivity index (χ2v) is 7.41. The quantitative estimate of drug-likeness (QED) is 0.350. The largest absolute Gasteiger partial charge is 0.250 e. The van der Waals surface area contributed by atoms with E-state index < -0.39 is 0 Å². The van der Waals surface area contributed by atoms with Crippen LogP contribution in [0.4, 0.5) is 0 Å². The first-order chi connectivity index (χ1) is 13.9. The number of benzene rings is 3. The van der Waals surface area contributed by atoms with Crippen molar-refractivity contribution >= 4 is 21.8 Å². The first-order valence-electron chi connectivity index (χ1n) is 9.74. The Kier molecular flexibility index (Phi) is 3.33. The molecule has 2 nitrogen and oxygen atoms in total. The smallest absolute Gasteiger partial charge is 0.0974 e. The van der Waals surface area contributed by atoms with Gasteiger partial charge in [0.25, 0.3) is 0 Å². The fourth-order valence-electron chi connectivity index (χ4n) is 4.31. The van der Waals surface area contributed by atoms with Crippen molar-refractivity contribution in [1.29, 1.82) is 0 Å². The molecule has 1 aliphatic rings. The van der Waals surface area contributed by atoms with Gasteiger partial charge in [-0.3, -0.25) is 9.97 Å². The third-order valence-electron chi connectivity index (χ3n) is 5.67. The van der Waals surface area contributed by atoms with Crippen molar-refractivity contribution in [3.8, 4) is 22.3 Å². The summed E-state index contributed by atoms with van der Waals surface area (Å²) in [6, 6.07) is 30.1. The molecule has 0 aliphatic carbocycles. The lowest BCUT2D eigenvalue weighted by Crippen LogP contribution is -2.04. The summed E-state index contributed by atoms with van der Waals surface area (Å²) in [5.74, 6) is 0. The Hall–Kier alpha value is -3.52. The molecule has 3 aromatic carbocycles. The number of hydrogen-bond acceptors (Lipinski definition) is 2. The Labute approximate surface area is 163 Å². The summed E-state index contributed by atoms with van der Waals surface area (Å²) in [7, 11) is 0. The second-order valence-electron chi connectivity index (χ2n) is 7.41. The molecule has 2 aromatic heterocycles. The SMILES string of the molecule is c1ccc(-c2cc3nc4c2ccc2c(-c5ccccc5)cc(nc24)CC3)cc1. The number of aromatic nitrogens is 2. The van der Waals surface area contributed by atoms with Crippen molar-refractivity contribution in [2.24, 2.45) is 0 Å². The van der Waals surface area contributed by atoms with Gasteiger partial charge in [0, 0.05) is 22.2 Å². The van der Waals surface area contributed by atoms with Gasteiger partial charge in [0.1, 0.15) is 0 Å². The molecule has 4 bridgehead atoms. The zero-order valence-electron chi connectivity index (χ0n) is 15.4. The Morgan fingerprint density at radius 1 is 0.500 bits per heavy atom. The lowest BCUT2D eigenvalue weighted by atomic mass is 9.93. The highest BCUT2D eigenvalue weighted by molar-refractivity contribution is 6.12. The van der Waals surface area contributed by atoms with Crippen molar-refractivity contribution in [1.82, 2.24) is 9.97 Å². The van der Waals surface area contributed by atoms with Crippen molar-refractivity contribution in [2.75, 3.05) is 0 Å². The standard InChI is InChI=1S/C26H18N2/c1-3-7-17(8-4-1)23-15-19-11-12-20-16-24(18-9-5-2-6-10-18)22-14-13-21(23)25(27-19)26(22)28-20/h1-10,13-16H,11-12H2. The van der Waals surface area contributed by atoms with Gasteiger partial charge in [-0.05, 0) is 47.2 Å². The van der Waals surface area contributed by atoms with Gasteiger partial charge in [0.05, 0.1) is 11.0 Å². The fourth-order valence-corrected chi connectivity index (χ4v) is 4.31. The summed E-state index contributed by atoms with van der Waals surface area (Å²) in [6.07, 6.45) is 1.83. The van der Waals surface area contributed by atoms with Crippen LogP contribution in [0.2, 0.25) is 0 Å². The topological polar surface area (TPSA) is 25.8 Å². The minimum Gasteiger partial charge on any atom is -0.250 e. The van der Waals surface area contributed by atoms with Crippen LogP contribution in [0.25, 0.3) is 44.1 Å². The van der Waals surface area contributed by atoms with Crippen LogP contribution in [-0.4, -0.2) is 9.97 Å². The summed E-state index contributed by atoms with van der Waals surface area (Å²) in [5.41, 5.74) is 9.30. The van der Waals surface area contributed by atoms with Gasteiger partial charge in [-0.15, -0.1) is 0 Å². The Bertz CT molecular complexity index is 1230. The van der Waals surface area contributed by atoms with E-state index in [2.05, 4.69) is 84.9 Å². The van der Waals surface area contributed by atoms with E-state index in [1.807, 2.05) is 0 Å². The van der Waals surface area contributed by atoms with E-state index in [-0.39, 0.29) is 0 Å². The Morgan fingerprint density at radius 2 is 0.929 bits per heavy atom. The Balaban J connectivity index is 1.74. The molecule has 0 fully saturated rings. The van der Waals surface area contributed by atoms with Gasteiger partial charge >= 0.3 is 0 Å². The maximum atomic E-state index is 5.02.